The van der Waals surface area contributed by atoms with Crippen molar-refractivity contribution in [2.75, 3.05) is 6.54 Å². The van der Waals surface area contributed by atoms with Crippen LogP contribution in [0, 0.1) is 11.3 Å². The van der Waals surface area contributed by atoms with Gasteiger partial charge in [-0.1, -0.05) is 33.1 Å². The van der Waals surface area contributed by atoms with E-state index in [-0.39, 0.29) is 0 Å². The first-order valence-electron chi connectivity index (χ1n) is 8.92. The second-order valence-electron chi connectivity index (χ2n) is 7.75. The average molecular weight is 289 g/mol. The van der Waals surface area contributed by atoms with Crippen LogP contribution in [0.3, 0.4) is 0 Å². The summed E-state index contributed by atoms with van der Waals surface area (Å²) < 4.78 is 2.47. The Kier molecular flexibility index (Phi) is 4.68. The van der Waals surface area contributed by atoms with E-state index in [0.29, 0.717) is 11.5 Å². The molecule has 1 aliphatic heterocycles. The molecule has 1 saturated carbocycles. The zero-order valence-corrected chi connectivity index (χ0v) is 13.8. The van der Waals surface area contributed by atoms with Crippen LogP contribution in [0.1, 0.15) is 76.9 Å². The van der Waals surface area contributed by atoms with Crippen LogP contribution in [0.2, 0.25) is 0 Å². The highest BCUT2D eigenvalue weighted by Gasteiger charge is 2.35. The van der Waals surface area contributed by atoms with Crippen molar-refractivity contribution >= 4 is 0 Å². The molecule has 0 amide bonds. The average Bonchev–Trinajstić information content (AvgIpc) is 3.09. The maximum absolute atomic E-state index is 4.47. The van der Waals surface area contributed by atoms with Crippen molar-refractivity contribution in [3.63, 3.8) is 0 Å². The van der Waals surface area contributed by atoms with E-state index < -0.39 is 0 Å². The fourth-order valence-electron chi connectivity index (χ4n) is 4.64. The van der Waals surface area contributed by atoms with Crippen molar-refractivity contribution in [3.8, 4) is 0 Å². The summed E-state index contributed by atoms with van der Waals surface area (Å²) in [6, 6.07) is 0.527. The number of aromatic nitrogens is 2. The highest BCUT2D eigenvalue weighted by Crippen LogP contribution is 2.45. The highest BCUT2D eigenvalue weighted by atomic mass is 15.1. The molecule has 2 aliphatic rings. The second kappa shape index (κ2) is 6.51. The van der Waals surface area contributed by atoms with Gasteiger partial charge in [-0.15, -0.1) is 0 Å². The van der Waals surface area contributed by atoms with Crippen molar-refractivity contribution in [2.24, 2.45) is 11.3 Å². The van der Waals surface area contributed by atoms with Crippen LogP contribution in [0.5, 0.6) is 0 Å². The molecule has 1 aromatic rings. The monoisotopic (exact) mass is 289 g/mol. The minimum atomic E-state index is 0.526. The van der Waals surface area contributed by atoms with Crippen molar-refractivity contribution < 1.29 is 0 Å². The van der Waals surface area contributed by atoms with Gasteiger partial charge in [0.15, 0.2) is 0 Å². The molecule has 1 aromatic heterocycles. The summed E-state index contributed by atoms with van der Waals surface area (Å²) in [4.78, 5) is 4.47. The van der Waals surface area contributed by atoms with E-state index in [1.54, 1.807) is 0 Å². The third-order valence-corrected chi connectivity index (χ3v) is 5.42. The maximum atomic E-state index is 4.47. The standard InChI is InChI=1S/C18H31N3/c1-15(2)11-18(8-4-5-9-18)13-21-14-19-12-17(21)16-7-3-6-10-20-16/h12,14-16,20H,3-11,13H2,1-2H3. The quantitative estimate of drug-likeness (QED) is 0.875. The third kappa shape index (κ3) is 3.50. The van der Waals surface area contributed by atoms with Crippen molar-refractivity contribution in [1.29, 1.82) is 0 Å². The maximum Gasteiger partial charge on any atom is 0.0948 e. The van der Waals surface area contributed by atoms with Crippen molar-refractivity contribution in [2.45, 2.75) is 77.8 Å². The zero-order valence-electron chi connectivity index (χ0n) is 13.8. The van der Waals surface area contributed by atoms with Crippen LogP contribution in [0.4, 0.5) is 0 Å². The van der Waals surface area contributed by atoms with Crippen LogP contribution in [-0.2, 0) is 6.54 Å². The first-order valence-corrected chi connectivity index (χ1v) is 8.92. The van der Waals surface area contributed by atoms with Gasteiger partial charge in [-0.2, -0.15) is 0 Å². The first-order chi connectivity index (χ1) is 10.2. The summed E-state index contributed by atoms with van der Waals surface area (Å²) >= 11 is 0. The number of nitrogens with zero attached hydrogens (tertiary/aromatic N) is 2. The lowest BCUT2D eigenvalue weighted by Crippen LogP contribution is -2.31. The Morgan fingerprint density at radius 3 is 2.76 bits per heavy atom. The molecule has 1 aliphatic carbocycles. The van der Waals surface area contributed by atoms with Crippen LogP contribution >= 0.6 is 0 Å². The van der Waals surface area contributed by atoms with Gasteiger partial charge in [0.2, 0.25) is 0 Å². The van der Waals surface area contributed by atoms with E-state index >= 15 is 0 Å². The predicted molar refractivity (Wildman–Crippen MR) is 87.2 cm³/mol. The Labute approximate surface area is 129 Å². The molecule has 1 N–H and O–H groups in total. The molecular formula is C18H31N3. The highest BCUT2D eigenvalue weighted by molar-refractivity contribution is 5.07. The van der Waals surface area contributed by atoms with Crippen LogP contribution in [0.15, 0.2) is 12.5 Å². The fraction of sp³-hybridized carbons (Fsp3) is 0.833. The Balaban J connectivity index is 1.75. The van der Waals surface area contributed by atoms with Gasteiger partial charge in [0.05, 0.1) is 12.0 Å². The van der Waals surface area contributed by atoms with Gasteiger partial charge in [0, 0.05) is 18.8 Å². The van der Waals surface area contributed by atoms with Gasteiger partial charge in [-0.25, -0.2) is 4.98 Å². The number of imidazole rings is 1. The van der Waals surface area contributed by atoms with E-state index in [1.807, 2.05) is 0 Å². The molecule has 0 spiro atoms. The van der Waals surface area contributed by atoms with Gasteiger partial charge >= 0.3 is 0 Å². The van der Waals surface area contributed by atoms with Crippen LogP contribution in [-0.4, -0.2) is 16.1 Å². The summed E-state index contributed by atoms with van der Waals surface area (Å²) in [6.07, 6.45) is 15.1. The van der Waals surface area contributed by atoms with Gasteiger partial charge < -0.3 is 9.88 Å². The molecule has 3 rings (SSSR count). The SMILES string of the molecule is CC(C)CC1(Cn2cncc2C2CCCCN2)CCCC1. The zero-order chi connectivity index (χ0) is 14.7. The number of hydrogen-bond acceptors (Lipinski definition) is 2. The molecule has 21 heavy (non-hydrogen) atoms. The minimum Gasteiger partial charge on any atom is -0.333 e. The van der Waals surface area contributed by atoms with Crippen molar-refractivity contribution in [1.82, 2.24) is 14.9 Å². The molecule has 0 radical (unpaired) electrons. The largest absolute Gasteiger partial charge is 0.333 e. The molecule has 1 atom stereocenters. The second-order valence-corrected chi connectivity index (χ2v) is 7.75. The van der Waals surface area contributed by atoms with Crippen molar-refractivity contribution in [3.05, 3.63) is 18.2 Å². The fourth-order valence-corrected chi connectivity index (χ4v) is 4.64. The Morgan fingerprint density at radius 1 is 1.29 bits per heavy atom. The number of nitrogens with one attached hydrogen (secondary N) is 1. The molecule has 2 fully saturated rings. The van der Waals surface area contributed by atoms with E-state index in [0.717, 1.165) is 12.5 Å². The predicted octanol–water partition coefficient (Wildman–Crippen LogP) is 4.30. The van der Waals surface area contributed by atoms with E-state index in [2.05, 4.69) is 41.2 Å². The topological polar surface area (TPSA) is 29.9 Å². The molecule has 0 aromatic carbocycles. The summed E-state index contributed by atoms with van der Waals surface area (Å²) in [7, 11) is 0. The summed E-state index contributed by atoms with van der Waals surface area (Å²) in [5.41, 5.74) is 1.95. The molecule has 118 valence electrons. The minimum absolute atomic E-state index is 0.526. The smallest absolute Gasteiger partial charge is 0.0948 e. The normalized spacial score (nSPS) is 25.6. The number of rotatable bonds is 5. The van der Waals surface area contributed by atoms with E-state index in [4.69, 9.17) is 0 Å². The first kappa shape index (κ1) is 15.1. The van der Waals surface area contributed by atoms with E-state index in [9.17, 15) is 0 Å². The van der Waals surface area contributed by atoms with Crippen LogP contribution in [0.25, 0.3) is 0 Å². The molecule has 0 bridgehead atoms. The number of hydrogen-bond donors (Lipinski definition) is 1. The van der Waals surface area contributed by atoms with E-state index in [1.165, 1.54) is 63.6 Å². The van der Waals surface area contributed by atoms with Crippen LogP contribution < -0.4 is 5.32 Å². The summed E-state index contributed by atoms with van der Waals surface area (Å²) in [6.45, 7) is 7.08. The Morgan fingerprint density at radius 2 is 2.10 bits per heavy atom. The van der Waals surface area contributed by atoms with Gasteiger partial charge in [0.1, 0.15) is 0 Å². The Hall–Kier alpha value is -0.830. The lowest BCUT2D eigenvalue weighted by Gasteiger charge is -2.33. The molecule has 3 nitrogen and oxygen atoms in total. The molecule has 1 unspecified atom stereocenters. The number of piperidine rings is 1. The third-order valence-electron chi connectivity index (χ3n) is 5.42. The molecular weight excluding hydrogens is 258 g/mol. The summed E-state index contributed by atoms with van der Waals surface area (Å²) in [5.74, 6) is 0.794. The lowest BCUT2D eigenvalue weighted by molar-refractivity contribution is 0.192. The van der Waals surface area contributed by atoms with Gasteiger partial charge in [0.25, 0.3) is 0 Å². The van der Waals surface area contributed by atoms with Gasteiger partial charge in [-0.05, 0) is 50.0 Å². The summed E-state index contributed by atoms with van der Waals surface area (Å²) in [5, 5.41) is 3.68. The molecule has 1 saturated heterocycles. The Bertz CT molecular complexity index is 437. The molecule has 3 heteroatoms. The molecule has 2 heterocycles. The lowest BCUT2D eigenvalue weighted by atomic mass is 9.78. The van der Waals surface area contributed by atoms with Gasteiger partial charge in [-0.3, -0.25) is 0 Å².